The Morgan fingerprint density at radius 2 is 2.04 bits per heavy atom. The maximum atomic E-state index is 12.5. The minimum Gasteiger partial charge on any atom is -0.485 e. The lowest BCUT2D eigenvalue weighted by Crippen LogP contribution is -2.50. The van der Waals surface area contributed by atoms with Crippen molar-refractivity contribution in [2.45, 2.75) is 37.8 Å². The molecule has 0 aromatic heterocycles. The van der Waals surface area contributed by atoms with Crippen molar-refractivity contribution >= 4 is 5.91 Å². The molecule has 5 heteroatoms. The van der Waals surface area contributed by atoms with Crippen LogP contribution in [0.15, 0.2) is 24.3 Å². The van der Waals surface area contributed by atoms with Crippen molar-refractivity contribution < 1.29 is 14.3 Å². The molecule has 1 aliphatic carbocycles. The van der Waals surface area contributed by atoms with Gasteiger partial charge in [-0.25, -0.2) is 0 Å². The van der Waals surface area contributed by atoms with E-state index in [1.54, 1.807) is 7.11 Å². The molecule has 0 unspecified atom stereocenters. The maximum absolute atomic E-state index is 12.5. The zero-order valence-corrected chi connectivity index (χ0v) is 15.7. The van der Waals surface area contributed by atoms with Crippen molar-refractivity contribution in [2.24, 2.45) is 5.92 Å². The van der Waals surface area contributed by atoms with E-state index in [0.29, 0.717) is 19.0 Å². The molecule has 1 spiro atoms. The van der Waals surface area contributed by atoms with Gasteiger partial charge in [-0.2, -0.15) is 0 Å². The third-order valence-electron chi connectivity index (χ3n) is 5.40. The smallest absolute Gasteiger partial charge is 0.248 e. The Hall–Kier alpha value is -1.59. The van der Waals surface area contributed by atoms with Crippen LogP contribution in [0.3, 0.4) is 0 Å². The van der Waals surface area contributed by atoms with Crippen LogP contribution in [-0.2, 0) is 16.1 Å². The average molecular weight is 346 g/mol. The minimum atomic E-state index is -0.265. The summed E-state index contributed by atoms with van der Waals surface area (Å²) in [5.74, 6) is 1.68. The summed E-state index contributed by atoms with van der Waals surface area (Å²) in [6.45, 7) is 2.50. The fourth-order valence-electron chi connectivity index (χ4n) is 4.16. The summed E-state index contributed by atoms with van der Waals surface area (Å²) in [7, 11) is 5.84. The van der Waals surface area contributed by atoms with Gasteiger partial charge in [-0.15, -0.1) is 0 Å². The number of carbonyl (C=O) groups excluding carboxylic acids is 1. The van der Waals surface area contributed by atoms with Gasteiger partial charge in [-0.1, -0.05) is 18.2 Å². The van der Waals surface area contributed by atoms with E-state index in [0.717, 1.165) is 43.5 Å². The van der Waals surface area contributed by atoms with Crippen molar-refractivity contribution in [3.05, 3.63) is 29.8 Å². The van der Waals surface area contributed by atoms with Crippen LogP contribution < -0.4 is 4.74 Å². The molecule has 2 aliphatic rings. The molecule has 25 heavy (non-hydrogen) atoms. The van der Waals surface area contributed by atoms with Crippen LogP contribution in [0.2, 0.25) is 0 Å². The summed E-state index contributed by atoms with van der Waals surface area (Å²) in [6, 6.07) is 8.11. The van der Waals surface area contributed by atoms with Crippen molar-refractivity contribution in [3.8, 4) is 5.75 Å². The summed E-state index contributed by atoms with van der Waals surface area (Å²) in [6.07, 6.45) is 4.28. The molecule has 0 saturated heterocycles. The van der Waals surface area contributed by atoms with Crippen LogP contribution >= 0.6 is 0 Å². The molecule has 1 saturated carbocycles. The first kappa shape index (κ1) is 18.2. The fourth-order valence-corrected chi connectivity index (χ4v) is 4.16. The Labute approximate surface area is 150 Å². The summed E-state index contributed by atoms with van der Waals surface area (Å²) < 4.78 is 11.6. The largest absolute Gasteiger partial charge is 0.485 e. The van der Waals surface area contributed by atoms with Gasteiger partial charge >= 0.3 is 0 Å². The second kappa shape index (κ2) is 7.75. The lowest BCUT2D eigenvalue weighted by Gasteiger charge is -2.42. The van der Waals surface area contributed by atoms with Gasteiger partial charge in [0.25, 0.3) is 0 Å². The SMILES string of the molecule is COCC(=O)N1Cc2ccccc2OC2(CCC(CN(C)C)CC2)C1. The van der Waals surface area contributed by atoms with Gasteiger partial charge in [0.05, 0.1) is 6.54 Å². The predicted molar refractivity (Wildman–Crippen MR) is 97.6 cm³/mol. The van der Waals surface area contributed by atoms with E-state index >= 15 is 0 Å². The summed E-state index contributed by atoms with van der Waals surface area (Å²) in [4.78, 5) is 16.7. The van der Waals surface area contributed by atoms with E-state index < -0.39 is 0 Å². The minimum absolute atomic E-state index is 0.0394. The van der Waals surface area contributed by atoms with Crippen LogP contribution in [0.25, 0.3) is 0 Å². The molecule has 0 radical (unpaired) electrons. The number of para-hydroxylation sites is 1. The maximum Gasteiger partial charge on any atom is 0.248 e. The first-order chi connectivity index (χ1) is 12.0. The summed E-state index contributed by atoms with van der Waals surface area (Å²) in [5.41, 5.74) is 0.818. The second-order valence-corrected chi connectivity index (χ2v) is 7.78. The summed E-state index contributed by atoms with van der Waals surface area (Å²) in [5, 5.41) is 0. The number of amides is 1. The molecule has 1 fully saturated rings. The fraction of sp³-hybridized carbons (Fsp3) is 0.650. The first-order valence-electron chi connectivity index (χ1n) is 9.20. The highest BCUT2D eigenvalue weighted by molar-refractivity contribution is 5.77. The monoisotopic (exact) mass is 346 g/mol. The normalized spacial score (nSPS) is 26.2. The topological polar surface area (TPSA) is 42.0 Å². The van der Waals surface area contributed by atoms with Crippen molar-refractivity contribution in [1.82, 2.24) is 9.80 Å². The summed E-state index contributed by atoms with van der Waals surface area (Å²) >= 11 is 0. The number of nitrogens with zero attached hydrogens (tertiary/aromatic N) is 2. The van der Waals surface area contributed by atoms with Crippen LogP contribution in [0.1, 0.15) is 31.2 Å². The molecular formula is C20H30N2O3. The zero-order chi connectivity index (χ0) is 17.9. The number of hydrogen-bond donors (Lipinski definition) is 0. The molecule has 1 aromatic carbocycles. The van der Waals surface area contributed by atoms with E-state index in [9.17, 15) is 4.79 Å². The molecule has 1 amide bonds. The Kier molecular flexibility index (Phi) is 5.64. The van der Waals surface area contributed by atoms with Gasteiger partial charge in [0.15, 0.2) is 0 Å². The molecule has 0 N–H and O–H groups in total. The highest BCUT2D eigenvalue weighted by atomic mass is 16.5. The lowest BCUT2D eigenvalue weighted by atomic mass is 9.78. The van der Waals surface area contributed by atoms with Gasteiger partial charge in [0.1, 0.15) is 18.0 Å². The highest BCUT2D eigenvalue weighted by Gasteiger charge is 2.42. The van der Waals surface area contributed by atoms with E-state index in [-0.39, 0.29) is 18.1 Å². The van der Waals surface area contributed by atoms with E-state index in [1.165, 1.54) is 0 Å². The van der Waals surface area contributed by atoms with Crippen molar-refractivity contribution in [2.75, 3.05) is 40.9 Å². The van der Waals surface area contributed by atoms with Gasteiger partial charge in [-0.05, 0) is 51.8 Å². The third-order valence-corrected chi connectivity index (χ3v) is 5.40. The van der Waals surface area contributed by atoms with Crippen molar-refractivity contribution in [1.29, 1.82) is 0 Å². The van der Waals surface area contributed by atoms with E-state index in [4.69, 9.17) is 9.47 Å². The van der Waals surface area contributed by atoms with Gasteiger partial charge in [0.2, 0.25) is 5.91 Å². The number of ether oxygens (including phenoxy) is 2. The van der Waals surface area contributed by atoms with Crippen molar-refractivity contribution in [3.63, 3.8) is 0 Å². The molecule has 5 nitrogen and oxygen atoms in total. The number of carbonyl (C=O) groups is 1. The number of rotatable bonds is 4. The Morgan fingerprint density at radius 1 is 1.32 bits per heavy atom. The number of fused-ring (bicyclic) bond motifs is 1. The first-order valence-corrected chi connectivity index (χ1v) is 9.20. The third kappa shape index (κ3) is 4.33. The second-order valence-electron chi connectivity index (χ2n) is 7.78. The van der Waals surface area contributed by atoms with Gasteiger partial charge < -0.3 is 19.3 Å². The van der Waals surface area contributed by atoms with E-state index in [2.05, 4.69) is 25.1 Å². The average Bonchev–Trinajstić information content (AvgIpc) is 2.74. The van der Waals surface area contributed by atoms with Crippen LogP contribution in [-0.4, -0.2) is 62.2 Å². The molecule has 1 aliphatic heterocycles. The molecule has 138 valence electrons. The number of hydrogen-bond acceptors (Lipinski definition) is 4. The standard InChI is InChI=1S/C20H30N2O3/c1-21(2)12-16-8-10-20(11-9-16)15-22(19(23)14-24-3)13-17-6-4-5-7-18(17)25-20/h4-7,16H,8-15H2,1-3H3. The zero-order valence-electron chi connectivity index (χ0n) is 15.7. The number of methoxy groups -OCH3 is 1. The van der Waals surface area contributed by atoms with E-state index in [1.807, 2.05) is 23.1 Å². The van der Waals surface area contributed by atoms with Gasteiger partial charge in [0, 0.05) is 25.8 Å². The quantitative estimate of drug-likeness (QED) is 0.840. The number of benzene rings is 1. The predicted octanol–water partition coefficient (Wildman–Crippen LogP) is 2.54. The van der Waals surface area contributed by atoms with Crippen LogP contribution in [0.4, 0.5) is 0 Å². The Morgan fingerprint density at radius 3 is 2.72 bits per heavy atom. The molecule has 1 aromatic rings. The molecule has 3 rings (SSSR count). The lowest BCUT2D eigenvalue weighted by molar-refractivity contribution is -0.139. The highest BCUT2D eigenvalue weighted by Crippen LogP contribution is 2.40. The molecular weight excluding hydrogens is 316 g/mol. The Balaban J connectivity index is 1.80. The van der Waals surface area contributed by atoms with Crippen LogP contribution in [0.5, 0.6) is 5.75 Å². The molecule has 1 heterocycles. The molecule has 0 atom stereocenters. The van der Waals surface area contributed by atoms with Gasteiger partial charge in [-0.3, -0.25) is 4.79 Å². The molecule has 0 bridgehead atoms. The van der Waals surface area contributed by atoms with Crippen LogP contribution in [0, 0.1) is 5.92 Å². The Bertz CT molecular complexity index is 594.